The molecule has 1 fully saturated rings. The van der Waals surface area contributed by atoms with Crippen molar-refractivity contribution in [3.05, 3.63) is 54.3 Å². The van der Waals surface area contributed by atoms with E-state index in [0.29, 0.717) is 23.7 Å². The zero-order valence-electron chi connectivity index (χ0n) is 22.1. The number of aryl methyl sites for hydroxylation is 1. The van der Waals surface area contributed by atoms with Gasteiger partial charge in [0.25, 0.3) is 0 Å². The van der Waals surface area contributed by atoms with Crippen molar-refractivity contribution in [3.8, 4) is 5.88 Å². The van der Waals surface area contributed by atoms with Gasteiger partial charge in [0.1, 0.15) is 10.9 Å². The number of carboxylic acid groups (broad SMARTS) is 2. The third-order valence-electron chi connectivity index (χ3n) is 6.44. The summed E-state index contributed by atoms with van der Waals surface area (Å²) in [6.45, 7) is 7.94. The monoisotopic (exact) mass is 571 g/mol. The Morgan fingerprint density at radius 1 is 1.26 bits per heavy atom. The largest absolute Gasteiger partial charge is 0.478 e. The van der Waals surface area contributed by atoms with Crippen molar-refractivity contribution in [1.29, 1.82) is 0 Å². The summed E-state index contributed by atoms with van der Waals surface area (Å²) in [5, 5.41) is 15.6. The van der Waals surface area contributed by atoms with Gasteiger partial charge in [0.05, 0.1) is 11.4 Å². The van der Waals surface area contributed by atoms with Crippen LogP contribution in [-0.4, -0.2) is 77.4 Å². The second kappa shape index (κ2) is 14.2. The molecule has 3 N–H and O–H groups in total. The number of hydrogen-bond donors (Lipinski definition) is 3. The first kappa shape index (κ1) is 31.9. The Morgan fingerprint density at radius 2 is 1.92 bits per heavy atom. The minimum absolute atomic E-state index is 0.0199. The molecule has 39 heavy (non-hydrogen) atoms. The number of nitrogens with one attached hydrogen (secondary N) is 1. The first-order chi connectivity index (χ1) is 18.3. The van der Waals surface area contributed by atoms with Gasteiger partial charge in [-0.1, -0.05) is 38.2 Å². The highest BCUT2D eigenvalue weighted by atomic mass is 32.2. The molecule has 1 saturated heterocycles. The van der Waals surface area contributed by atoms with E-state index in [1.165, 1.54) is 19.1 Å². The molecular formula is C26H35F2N3O7S. The van der Waals surface area contributed by atoms with E-state index in [4.69, 9.17) is 14.9 Å². The molecule has 0 saturated carbocycles. The Hall–Kier alpha value is -3.32. The summed E-state index contributed by atoms with van der Waals surface area (Å²) in [5.74, 6) is -3.46. The highest BCUT2D eigenvalue weighted by Crippen LogP contribution is 2.39. The fourth-order valence-corrected chi connectivity index (χ4v) is 6.15. The molecule has 1 aliphatic carbocycles. The van der Waals surface area contributed by atoms with Crippen LogP contribution in [0.5, 0.6) is 5.88 Å². The molecule has 3 atom stereocenters. The number of carboxylic acids is 2. The van der Waals surface area contributed by atoms with Crippen molar-refractivity contribution in [1.82, 2.24) is 9.88 Å². The van der Waals surface area contributed by atoms with Crippen molar-refractivity contribution in [2.75, 3.05) is 24.4 Å². The second-order valence-electron chi connectivity index (χ2n) is 9.30. The molecule has 2 aliphatic rings. The average Bonchev–Trinajstić information content (AvgIpc) is 3.31. The topological polar surface area (TPSA) is 146 Å². The zero-order valence-corrected chi connectivity index (χ0v) is 22.9. The number of nitrogens with zero attached hydrogens (tertiary/aromatic N) is 2. The lowest BCUT2D eigenvalue weighted by atomic mass is 9.87. The van der Waals surface area contributed by atoms with Crippen LogP contribution in [0, 0.1) is 12.8 Å². The number of sulfonamides is 1. The molecule has 1 aromatic heterocycles. The second-order valence-corrected chi connectivity index (χ2v) is 11.3. The van der Waals surface area contributed by atoms with Crippen molar-refractivity contribution in [2.45, 2.75) is 57.3 Å². The van der Waals surface area contributed by atoms with Crippen LogP contribution in [0.25, 0.3) is 0 Å². The SMILES string of the molecule is CCCN1CCC(Oc2ccc(NS(=O)(=O)[C@@]3(C(C)C(F)F)C=CC=CC3)c(C)n2)C1.O=C(O)/C=C/C(=O)O. The summed E-state index contributed by atoms with van der Waals surface area (Å²) in [4.78, 5) is 25.8. The maximum absolute atomic E-state index is 13.5. The van der Waals surface area contributed by atoms with Crippen molar-refractivity contribution in [3.63, 3.8) is 0 Å². The molecule has 0 amide bonds. The van der Waals surface area contributed by atoms with E-state index >= 15 is 0 Å². The lowest BCUT2D eigenvalue weighted by molar-refractivity contribution is -0.134. The lowest BCUT2D eigenvalue weighted by Crippen LogP contribution is -2.49. The quantitative estimate of drug-likeness (QED) is 0.337. The van der Waals surface area contributed by atoms with Crippen LogP contribution < -0.4 is 9.46 Å². The van der Waals surface area contributed by atoms with Crippen LogP contribution >= 0.6 is 0 Å². The number of pyridine rings is 1. The zero-order chi connectivity index (χ0) is 29.2. The molecule has 216 valence electrons. The number of ether oxygens (including phenoxy) is 1. The van der Waals surface area contributed by atoms with Gasteiger partial charge in [0.2, 0.25) is 22.3 Å². The molecule has 0 bridgehead atoms. The van der Waals surface area contributed by atoms with Crippen molar-refractivity contribution in [2.24, 2.45) is 5.92 Å². The van der Waals surface area contributed by atoms with E-state index in [9.17, 15) is 26.8 Å². The number of likely N-dealkylation sites (tertiary alicyclic amines) is 1. The maximum atomic E-state index is 13.5. The van der Waals surface area contributed by atoms with Gasteiger partial charge in [0, 0.05) is 37.2 Å². The van der Waals surface area contributed by atoms with Crippen LogP contribution in [0.15, 0.2) is 48.6 Å². The highest BCUT2D eigenvalue weighted by Gasteiger charge is 2.49. The van der Waals surface area contributed by atoms with Gasteiger partial charge in [-0.2, -0.15) is 0 Å². The first-order valence-corrected chi connectivity index (χ1v) is 13.9. The van der Waals surface area contributed by atoms with Gasteiger partial charge in [-0.15, -0.1) is 0 Å². The number of halogens is 2. The summed E-state index contributed by atoms with van der Waals surface area (Å²) in [6.07, 6.45) is 6.51. The summed E-state index contributed by atoms with van der Waals surface area (Å²) >= 11 is 0. The van der Waals surface area contributed by atoms with E-state index in [1.807, 2.05) is 0 Å². The third kappa shape index (κ3) is 8.85. The van der Waals surface area contributed by atoms with Gasteiger partial charge in [0.15, 0.2) is 0 Å². The van der Waals surface area contributed by atoms with Gasteiger partial charge in [-0.3, -0.25) is 9.62 Å². The van der Waals surface area contributed by atoms with Crippen LogP contribution in [0.3, 0.4) is 0 Å². The number of anilines is 1. The van der Waals surface area contributed by atoms with Gasteiger partial charge in [-0.05, 0) is 38.8 Å². The Labute approximate surface area is 227 Å². The maximum Gasteiger partial charge on any atom is 0.328 e. The smallest absolute Gasteiger partial charge is 0.328 e. The predicted molar refractivity (Wildman–Crippen MR) is 142 cm³/mol. The highest BCUT2D eigenvalue weighted by molar-refractivity contribution is 7.94. The van der Waals surface area contributed by atoms with Crippen LogP contribution in [0.1, 0.15) is 38.8 Å². The molecule has 2 heterocycles. The van der Waals surface area contributed by atoms with Crippen molar-refractivity contribution < 1.29 is 41.7 Å². The van der Waals surface area contributed by atoms with E-state index < -0.39 is 39.1 Å². The Balaban J connectivity index is 0.000000580. The minimum Gasteiger partial charge on any atom is -0.478 e. The number of aromatic nitrogens is 1. The average molecular weight is 572 g/mol. The van der Waals surface area contributed by atoms with Crippen LogP contribution in [-0.2, 0) is 19.6 Å². The molecule has 0 radical (unpaired) electrons. The van der Waals surface area contributed by atoms with E-state index in [0.717, 1.165) is 32.5 Å². The molecule has 10 nitrogen and oxygen atoms in total. The number of allylic oxidation sites excluding steroid dienone is 3. The van der Waals surface area contributed by atoms with E-state index in [-0.39, 0.29) is 18.2 Å². The first-order valence-electron chi connectivity index (χ1n) is 12.5. The summed E-state index contributed by atoms with van der Waals surface area (Å²) in [7, 11) is -4.17. The Morgan fingerprint density at radius 3 is 2.44 bits per heavy atom. The van der Waals surface area contributed by atoms with E-state index in [1.54, 1.807) is 31.2 Å². The predicted octanol–water partition coefficient (Wildman–Crippen LogP) is 3.86. The fraction of sp³-hybridized carbons (Fsp3) is 0.500. The summed E-state index contributed by atoms with van der Waals surface area (Å²) < 4.78 is 60.3. The van der Waals surface area contributed by atoms with Crippen molar-refractivity contribution >= 4 is 27.6 Å². The number of aliphatic carboxylic acids is 2. The van der Waals surface area contributed by atoms with Crippen LogP contribution in [0.2, 0.25) is 0 Å². The van der Waals surface area contributed by atoms with Gasteiger partial charge in [-0.25, -0.2) is 31.8 Å². The number of rotatable bonds is 11. The van der Waals surface area contributed by atoms with Crippen LogP contribution in [0.4, 0.5) is 14.5 Å². The number of carbonyl (C=O) groups is 2. The fourth-order valence-electron chi connectivity index (χ4n) is 4.29. The minimum atomic E-state index is -4.17. The Kier molecular flexibility index (Phi) is 11.6. The molecule has 2 unspecified atom stereocenters. The number of hydrogen-bond acceptors (Lipinski definition) is 7. The molecule has 13 heteroatoms. The summed E-state index contributed by atoms with van der Waals surface area (Å²) in [5.41, 5.74) is 0.690. The summed E-state index contributed by atoms with van der Waals surface area (Å²) in [6, 6.07) is 3.20. The standard InChI is InChI=1S/C22H31F2N3O3S.C4H4O4/c1-4-13-27-14-10-18(15-27)30-20-9-8-19(17(3)25-20)26-31(28,29)22(16(2)21(23)24)11-6-5-7-12-22;5-3(6)1-2-4(7)8/h5-9,11,16,18,21,26H,4,10,12-15H2,1-3H3;1-2H,(H,5,6)(H,7,8)/b;2-1+/t16?,18?,22-;/m0./s1. The number of alkyl halides is 2. The molecule has 0 aromatic carbocycles. The molecule has 0 spiro atoms. The molecule has 1 aliphatic heterocycles. The van der Waals surface area contributed by atoms with Gasteiger partial charge >= 0.3 is 11.9 Å². The molecular weight excluding hydrogens is 536 g/mol. The Bertz CT molecular complexity index is 1190. The molecule has 3 rings (SSSR count). The van der Waals surface area contributed by atoms with E-state index in [2.05, 4.69) is 21.5 Å². The van der Waals surface area contributed by atoms with Gasteiger partial charge < -0.3 is 14.9 Å². The normalized spacial score (nSPS) is 21.9. The lowest BCUT2D eigenvalue weighted by Gasteiger charge is -2.36. The molecule has 1 aromatic rings. The third-order valence-corrected chi connectivity index (χ3v) is 8.60.